The molecule has 2 atom stereocenters. The molecule has 0 aliphatic heterocycles. The number of carbonyl (C=O) groups excluding carboxylic acids is 2. The van der Waals surface area contributed by atoms with E-state index in [9.17, 15) is 18.0 Å². The van der Waals surface area contributed by atoms with Crippen LogP contribution in [-0.4, -0.2) is 50.9 Å². The minimum atomic E-state index is -4.09. The van der Waals surface area contributed by atoms with Crippen molar-refractivity contribution < 1.29 is 22.7 Å². The van der Waals surface area contributed by atoms with Crippen molar-refractivity contribution in [1.29, 1.82) is 0 Å². The highest BCUT2D eigenvalue weighted by Gasteiger charge is 2.34. The number of benzene rings is 3. The van der Waals surface area contributed by atoms with Crippen molar-refractivity contribution >= 4 is 27.5 Å². The van der Waals surface area contributed by atoms with E-state index in [1.54, 1.807) is 55.6 Å². The lowest BCUT2D eigenvalue weighted by Crippen LogP contribution is -2.53. The summed E-state index contributed by atoms with van der Waals surface area (Å²) in [6, 6.07) is 21.4. The van der Waals surface area contributed by atoms with Gasteiger partial charge in [0.05, 0.1) is 17.7 Å². The maximum Gasteiger partial charge on any atom is 0.264 e. The molecule has 3 aromatic carbocycles. The van der Waals surface area contributed by atoms with Gasteiger partial charge in [-0.3, -0.25) is 13.9 Å². The minimum Gasteiger partial charge on any atom is -0.497 e. The lowest BCUT2D eigenvalue weighted by molar-refractivity contribution is -0.140. The van der Waals surface area contributed by atoms with Gasteiger partial charge in [-0.15, -0.1) is 0 Å². The zero-order chi connectivity index (χ0) is 29.3. The molecule has 8 nitrogen and oxygen atoms in total. The van der Waals surface area contributed by atoms with Crippen molar-refractivity contribution in [3.63, 3.8) is 0 Å². The van der Waals surface area contributed by atoms with Crippen LogP contribution in [0.3, 0.4) is 0 Å². The number of nitrogens with one attached hydrogen (secondary N) is 1. The number of amides is 2. The zero-order valence-corrected chi connectivity index (χ0v) is 24.6. The fourth-order valence-corrected chi connectivity index (χ4v) is 5.79. The van der Waals surface area contributed by atoms with Crippen LogP contribution in [0.4, 0.5) is 5.69 Å². The molecule has 0 aliphatic carbocycles. The van der Waals surface area contributed by atoms with Gasteiger partial charge in [-0.1, -0.05) is 56.3 Å². The first kappa shape index (κ1) is 30.7. The number of carbonyl (C=O) groups is 2. The number of anilines is 1. The number of methoxy groups -OCH3 is 1. The predicted octanol–water partition coefficient (Wildman–Crippen LogP) is 4.92. The molecular formula is C31H39N3O5S. The van der Waals surface area contributed by atoms with Gasteiger partial charge in [-0.05, 0) is 74.2 Å². The molecule has 2 amide bonds. The van der Waals surface area contributed by atoms with Crippen molar-refractivity contribution in [3.8, 4) is 5.75 Å². The van der Waals surface area contributed by atoms with Crippen molar-refractivity contribution in [3.05, 3.63) is 90.0 Å². The van der Waals surface area contributed by atoms with Gasteiger partial charge in [0, 0.05) is 12.6 Å². The Morgan fingerprint density at radius 2 is 1.62 bits per heavy atom. The third kappa shape index (κ3) is 7.63. The number of aryl methyl sites for hydroxylation is 1. The molecule has 0 bridgehead atoms. The quantitative estimate of drug-likeness (QED) is 0.317. The summed E-state index contributed by atoms with van der Waals surface area (Å²) >= 11 is 0. The van der Waals surface area contributed by atoms with Crippen molar-refractivity contribution in [1.82, 2.24) is 10.2 Å². The molecule has 0 heterocycles. The van der Waals surface area contributed by atoms with Crippen LogP contribution < -0.4 is 14.4 Å². The van der Waals surface area contributed by atoms with Gasteiger partial charge >= 0.3 is 0 Å². The molecule has 0 aliphatic rings. The molecule has 0 unspecified atom stereocenters. The molecule has 214 valence electrons. The second-order valence-corrected chi connectivity index (χ2v) is 11.6. The molecule has 9 heteroatoms. The van der Waals surface area contributed by atoms with Crippen LogP contribution >= 0.6 is 0 Å². The summed E-state index contributed by atoms with van der Waals surface area (Å²) in [7, 11) is -2.53. The highest BCUT2D eigenvalue weighted by molar-refractivity contribution is 7.92. The summed E-state index contributed by atoms with van der Waals surface area (Å²) < 4.78 is 34.2. The Balaban J connectivity index is 2.06. The molecule has 0 fully saturated rings. The van der Waals surface area contributed by atoms with Gasteiger partial charge < -0.3 is 15.0 Å². The van der Waals surface area contributed by atoms with Crippen LogP contribution in [0.1, 0.15) is 44.7 Å². The summed E-state index contributed by atoms with van der Waals surface area (Å²) in [6.45, 7) is 7.21. The molecule has 3 rings (SSSR count). The molecule has 40 heavy (non-hydrogen) atoms. The molecule has 3 aromatic rings. The predicted molar refractivity (Wildman–Crippen MR) is 158 cm³/mol. The standard InChI is InChI=1S/C31H39N3O5S/c1-6-24(4)32-31(36)29(7-2)33(21-25-14-12-16-27(20-25)39-5)30(35)22-34(26-15-11-13-23(3)19-26)40(37,38)28-17-9-8-10-18-28/h8-20,24,29H,6-7,21-22H2,1-5H3,(H,32,36)/t24-,29+/m0/s1. The van der Waals surface area contributed by atoms with E-state index < -0.39 is 28.5 Å². The molecule has 0 radical (unpaired) electrons. The Kier molecular flexibility index (Phi) is 10.7. The number of ether oxygens (including phenoxy) is 1. The van der Waals surface area contributed by atoms with Crippen molar-refractivity contribution in [2.75, 3.05) is 18.0 Å². The lowest BCUT2D eigenvalue weighted by atomic mass is 10.1. The largest absolute Gasteiger partial charge is 0.497 e. The zero-order valence-electron chi connectivity index (χ0n) is 23.8. The first-order chi connectivity index (χ1) is 19.1. The molecule has 1 N–H and O–H groups in total. The second kappa shape index (κ2) is 14.0. The van der Waals surface area contributed by atoms with Crippen LogP contribution in [0.2, 0.25) is 0 Å². The van der Waals surface area contributed by atoms with Gasteiger partial charge in [-0.2, -0.15) is 0 Å². The van der Waals surface area contributed by atoms with Crippen LogP contribution in [0.5, 0.6) is 5.75 Å². The Morgan fingerprint density at radius 1 is 0.925 bits per heavy atom. The summed E-state index contributed by atoms with van der Waals surface area (Å²) in [5, 5.41) is 2.98. The van der Waals surface area contributed by atoms with Crippen LogP contribution in [0.15, 0.2) is 83.8 Å². The van der Waals surface area contributed by atoms with Gasteiger partial charge in [0.1, 0.15) is 18.3 Å². The van der Waals surface area contributed by atoms with Crippen molar-refractivity contribution in [2.24, 2.45) is 0 Å². The average molecular weight is 566 g/mol. The van der Waals surface area contributed by atoms with E-state index in [1.807, 2.05) is 45.9 Å². The monoisotopic (exact) mass is 565 g/mol. The first-order valence-corrected chi connectivity index (χ1v) is 14.9. The lowest BCUT2D eigenvalue weighted by Gasteiger charge is -2.33. The fraction of sp³-hybridized carbons (Fsp3) is 0.355. The van der Waals surface area contributed by atoms with Gasteiger partial charge in [0.25, 0.3) is 10.0 Å². The van der Waals surface area contributed by atoms with Crippen LogP contribution in [0.25, 0.3) is 0 Å². The second-order valence-electron chi connectivity index (χ2n) is 9.78. The Morgan fingerprint density at radius 3 is 2.25 bits per heavy atom. The van der Waals surface area contributed by atoms with Gasteiger partial charge in [0.15, 0.2) is 0 Å². The number of nitrogens with zero attached hydrogens (tertiary/aromatic N) is 2. The van der Waals surface area contributed by atoms with E-state index in [1.165, 1.54) is 17.0 Å². The Hall–Kier alpha value is -3.85. The summed E-state index contributed by atoms with van der Waals surface area (Å²) in [4.78, 5) is 29.0. The van der Waals surface area contributed by atoms with E-state index in [0.717, 1.165) is 21.9 Å². The first-order valence-electron chi connectivity index (χ1n) is 13.5. The Bertz CT molecular complexity index is 1390. The van der Waals surface area contributed by atoms with Crippen molar-refractivity contribution in [2.45, 2.75) is 64.1 Å². The normalized spacial score (nSPS) is 12.7. The van der Waals surface area contributed by atoms with E-state index in [4.69, 9.17) is 4.74 Å². The number of hydrogen-bond acceptors (Lipinski definition) is 5. The van der Waals surface area contributed by atoms with Crippen LogP contribution in [0, 0.1) is 6.92 Å². The maximum atomic E-state index is 14.1. The Labute approximate surface area is 238 Å². The van der Waals surface area contributed by atoms with E-state index in [0.29, 0.717) is 17.9 Å². The molecule has 0 saturated heterocycles. The van der Waals surface area contributed by atoms with E-state index in [-0.39, 0.29) is 23.4 Å². The molecule has 0 spiro atoms. The molecular weight excluding hydrogens is 526 g/mol. The summed E-state index contributed by atoms with van der Waals surface area (Å²) in [5.41, 5.74) is 1.98. The number of rotatable bonds is 13. The molecule has 0 saturated carbocycles. The van der Waals surface area contributed by atoms with E-state index >= 15 is 0 Å². The fourth-order valence-electron chi connectivity index (χ4n) is 4.36. The third-order valence-electron chi connectivity index (χ3n) is 6.77. The van der Waals surface area contributed by atoms with Gasteiger partial charge in [0.2, 0.25) is 11.8 Å². The van der Waals surface area contributed by atoms with E-state index in [2.05, 4.69) is 5.32 Å². The maximum absolute atomic E-state index is 14.1. The summed E-state index contributed by atoms with van der Waals surface area (Å²) in [6.07, 6.45) is 1.09. The van der Waals surface area contributed by atoms with Crippen LogP contribution in [-0.2, 0) is 26.2 Å². The van der Waals surface area contributed by atoms with Gasteiger partial charge in [-0.25, -0.2) is 8.42 Å². The highest BCUT2D eigenvalue weighted by Crippen LogP contribution is 2.26. The topological polar surface area (TPSA) is 96.0 Å². The number of hydrogen-bond donors (Lipinski definition) is 1. The molecule has 0 aromatic heterocycles. The average Bonchev–Trinajstić information content (AvgIpc) is 2.96. The smallest absolute Gasteiger partial charge is 0.264 e. The third-order valence-corrected chi connectivity index (χ3v) is 8.56. The number of sulfonamides is 1. The minimum absolute atomic E-state index is 0.0717. The summed E-state index contributed by atoms with van der Waals surface area (Å²) in [5.74, 6) is -0.147. The highest BCUT2D eigenvalue weighted by atomic mass is 32.2. The SMILES string of the molecule is CC[C@H](C(=O)N[C@@H](C)CC)N(Cc1cccc(OC)c1)C(=O)CN(c1cccc(C)c1)S(=O)(=O)c1ccccc1.